The zero-order chi connectivity index (χ0) is 24.6. The number of carbonyl (C=O) groups excluding carboxylic acids is 2. The molecule has 34 heavy (non-hydrogen) atoms. The first-order valence-corrected chi connectivity index (χ1v) is 12.4. The van der Waals surface area contributed by atoms with Gasteiger partial charge in [0, 0.05) is 18.8 Å². The topological polar surface area (TPSA) is 126 Å². The Labute approximate surface area is 199 Å². The maximum absolute atomic E-state index is 13.2. The zero-order valence-electron chi connectivity index (χ0n) is 19.0. The monoisotopic (exact) mass is 485 g/mol. The number of sulfonamides is 1. The van der Waals surface area contributed by atoms with Gasteiger partial charge in [-0.15, -0.1) is 0 Å². The van der Waals surface area contributed by atoms with E-state index in [0.717, 1.165) is 25.7 Å². The molecule has 1 fully saturated rings. The summed E-state index contributed by atoms with van der Waals surface area (Å²) in [4.78, 5) is 24.3. The average Bonchev–Trinajstić information content (AvgIpc) is 3.13. The average molecular weight is 486 g/mol. The fourth-order valence-electron chi connectivity index (χ4n) is 3.58. The molecule has 9 nitrogen and oxygen atoms in total. The molecule has 1 N–H and O–H groups in total. The van der Waals surface area contributed by atoms with Gasteiger partial charge in [0.25, 0.3) is 5.91 Å². The minimum atomic E-state index is -3.68. The van der Waals surface area contributed by atoms with Gasteiger partial charge in [0.15, 0.2) is 13.2 Å². The predicted octanol–water partition coefficient (Wildman–Crippen LogP) is 2.99. The van der Waals surface area contributed by atoms with Crippen LogP contribution in [0.1, 0.15) is 36.8 Å². The third-order valence-corrected chi connectivity index (χ3v) is 7.41. The van der Waals surface area contributed by atoms with Gasteiger partial charge in [0.1, 0.15) is 11.8 Å². The number of hydrogen-bond acceptors (Lipinski definition) is 7. The van der Waals surface area contributed by atoms with Crippen LogP contribution in [0.15, 0.2) is 47.4 Å². The van der Waals surface area contributed by atoms with Crippen molar-refractivity contribution in [1.82, 2.24) is 4.31 Å². The minimum absolute atomic E-state index is 0.147. The molecule has 0 unspecified atom stereocenters. The lowest BCUT2D eigenvalue weighted by atomic mass is 10.2. The predicted molar refractivity (Wildman–Crippen MR) is 125 cm³/mol. The lowest BCUT2D eigenvalue weighted by Gasteiger charge is -2.21. The number of benzene rings is 2. The van der Waals surface area contributed by atoms with Gasteiger partial charge in [0.2, 0.25) is 10.0 Å². The summed E-state index contributed by atoms with van der Waals surface area (Å²) >= 11 is 0. The normalized spacial score (nSPS) is 14.5. The molecule has 0 spiro atoms. The van der Waals surface area contributed by atoms with E-state index < -0.39 is 35.1 Å². The molecule has 10 heteroatoms. The van der Waals surface area contributed by atoms with Crippen molar-refractivity contribution in [1.29, 1.82) is 5.26 Å². The van der Waals surface area contributed by atoms with E-state index >= 15 is 0 Å². The second kappa shape index (κ2) is 11.6. The van der Waals surface area contributed by atoms with Gasteiger partial charge in [-0.3, -0.25) is 4.79 Å². The fraction of sp³-hybridized carbons (Fsp3) is 0.375. The Morgan fingerprint density at radius 1 is 1.06 bits per heavy atom. The van der Waals surface area contributed by atoms with Crippen LogP contribution in [0.5, 0.6) is 5.75 Å². The molecule has 0 atom stereocenters. The highest BCUT2D eigenvalue weighted by Gasteiger charge is 2.27. The number of carbonyl (C=O) groups is 2. The van der Waals surface area contributed by atoms with Crippen LogP contribution in [-0.4, -0.2) is 50.9 Å². The van der Waals surface area contributed by atoms with E-state index in [-0.39, 0.29) is 16.2 Å². The Morgan fingerprint density at radius 3 is 2.47 bits per heavy atom. The summed E-state index contributed by atoms with van der Waals surface area (Å²) < 4.78 is 38.0. The largest absolute Gasteiger partial charge is 0.481 e. The molecule has 3 rings (SSSR count). The van der Waals surface area contributed by atoms with Gasteiger partial charge < -0.3 is 14.8 Å². The highest BCUT2D eigenvalue weighted by atomic mass is 32.2. The molecule has 1 amide bonds. The van der Waals surface area contributed by atoms with E-state index in [1.54, 1.807) is 43.3 Å². The van der Waals surface area contributed by atoms with Gasteiger partial charge in [-0.1, -0.05) is 31.0 Å². The van der Waals surface area contributed by atoms with Crippen LogP contribution in [-0.2, 0) is 24.3 Å². The Morgan fingerprint density at radius 2 is 1.76 bits per heavy atom. The van der Waals surface area contributed by atoms with Crippen molar-refractivity contribution in [3.8, 4) is 11.8 Å². The van der Waals surface area contributed by atoms with E-state index in [1.807, 2.05) is 6.07 Å². The van der Waals surface area contributed by atoms with Crippen LogP contribution in [0.2, 0.25) is 0 Å². The lowest BCUT2D eigenvalue weighted by Crippen LogP contribution is -2.32. The zero-order valence-corrected chi connectivity index (χ0v) is 19.8. The molecule has 0 bridgehead atoms. The van der Waals surface area contributed by atoms with Crippen molar-refractivity contribution < 1.29 is 27.5 Å². The second-order valence-electron chi connectivity index (χ2n) is 7.90. The van der Waals surface area contributed by atoms with Crippen molar-refractivity contribution in [2.24, 2.45) is 0 Å². The summed E-state index contributed by atoms with van der Waals surface area (Å²) in [6.45, 7) is 1.64. The number of anilines is 1. The standard InChI is InChI=1S/C24H27N3O6S/c1-18-10-11-20(14-22(18)34(30,31)27-12-6-2-3-7-13-27)26-23(28)16-33-24(29)17-32-21-9-5-4-8-19(21)15-25/h4-5,8-11,14H,2-3,6-7,12-13,16-17H2,1H3,(H,26,28). The SMILES string of the molecule is Cc1ccc(NC(=O)COC(=O)COc2ccccc2C#N)cc1S(=O)(=O)N1CCCCCC1. The van der Waals surface area contributed by atoms with Gasteiger partial charge in [0.05, 0.1) is 10.5 Å². The van der Waals surface area contributed by atoms with Crippen molar-refractivity contribution in [3.63, 3.8) is 0 Å². The van der Waals surface area contributed by atoms with Crippen LogP contribution >= 0.6 is 0 Å². The molecule has 2 aromatic rings. The number of amides is 1. The molecule has 2 aromatic carbocycles. The van der Waals surface area contributed by atoms with Crippen molar-refractivity contribution in [3.05, 3.63) is 53.6 Å². The maximum Gasteiger partial charge on any atom is 0.344 e. The Balaban J connectivity index is 1.56. The van der Waals surface area contributed by atoms with Crippen molar-refractivity contribution in [2.45, 2.75) is 37.5 Å². The number of hydrogen-bond donors (Lipinski definition) is 1. The smallest absolute Gasteiger partial charge is 0.344 e. The van der Waals surface area contributed by atoms with Gasteiger partial charge >= 0.3 is 5.97 Å². The molecule has 1 aliphatic heterocycles. The Bertz CT molecular complexity index is 1180. The van der Waals surface area contributed by atoms with Crippen LogP contribution in [0, 0.1) is 18.3 Å². The molecular weight excluding hydrogens is 458 g/mol. The Hall–Kier alpha value is -3.42. The van der Waals surface area contributed by atoms with Crippen LogP contribution in [0.25, 0.3) is 0 Å². The van der Waals surface area contributed by atoms with Crippen molar-refractivity contribution >= 4 is 27.6 Å². The number of ether oxygens (including phenoxy) is 2. The van der Waals surface area contributed by atoms with Crippen LogP contribution < -0.4 is 10.1 Å². The molecule has 1 saturated heterocycles. The number of nitriles is 1. The molecule has 1 heterocycles. The van der Waals surface area contributed by atoms with E-state index in [0.29, 0.717) is 24.3 Å². The number of esters is 1. The quantitative estimate of drug-likeness (QED) is 0.570. The van der Waals surface area contributed by atoms with E-state index in [4.69, 9.17) is 14.7 Å². The number of para-hydroxylation sites is 1. The first-order valence-electron chi connectivity index (χ1n) is 11.0. The van der Waals surface area contributed by atoms with E-state index in [1.165, 1.54) is 10.4 Å². The van der Waals surface area contributed by atoms with Gasteiger partial charge in [-0.05, 0) is 49.6 Å². The van der Waals surface area contributed by atoms with Crippen molar-refractivity contribution in [2.75, 3.05) is 31.6 Å². The molecule has 0 aromatic heterocycles. The summed E-state index contributed by atoms with van der Waals surface area (Å²) in [6.07, 6.45) is 3.67. The highest BCUT2D eigenvalue weighted by molar-refractivity contribution is 7.89. The van der Waals surface area contributed by atoms with Crippen LogP contribution in [0.4, 0.5) is 5.69 Å². The highest BCUT2D eigenvalue weighted by Crippen LogP contribution is 2.26. The Kier molecular flexibility index (Phi) is 8.62. The summed E-state index contributed by atoms with van der Waals surface area (Å²) in [5.41, 5.74) is 1.15. The third-order valence-electron chi connectivity index (χ3n) is 5.37. The third kappa shape index (κ3) is 6.56. The fourth-order valence-corrected chi connectivity index (χ4v) is 5.35. The van der Waals surface area contributed by atoms with E-state index in [2.05, 4.69) is 5.32 Å². The molecule has 0 aliphatic carbocycles. The number of nitrogens with zero attached hydrogens (tertiary/aromatic N) is 2. The molecule has 180 valence electrons. The number of nitrogens with one attached hydrogen (secondary N) is 1. The molecule has 0 radical (unpaired) electrons. The molecule has 1 aliphatic rings. The van der Waals surface area contributed by atoms with Gasteiger partial charge in [-0.2, -0.15) is 9.57 Å². The molecule has 0 saturated carbocycles. The first kappa shape index (κ1) is 25.2. The number of rotatable bonds is 8. The second-order valence-corrected chi connectivity index (χ2v) is 9.81. The summed E-state index contributed by atoms with van der Waals surface area (Å²) in [7, 11) is -3.68. The molecular formula is C24H27N3O6S. The lowest BCUT2D eigenvalue weighted by molar-refractivity contribution is -0.149. The summed E-state index contributed by atoms with van der Waals surface area (Å²) in [5, 5.41) is 11.6. The minimum Gasteiger partial charge on any atom is -0.481 e. The van der Waals surface area contributed by atoms with Gasteiger partial charge in [-0.25, -0.2) is 13.2 Å². The first-order chi connectivity index (χ1) is 16.3. The summed E-state index contributed by atoms with van der Waals surface area (Å²) in [6, 6.07) is 13.0. The summed E-state index contributed by atoms with van der Waals surface area (Å²) in [5.74, 6) is -1.16. The van der Waals surface area contributed by atoms with Crippen LogP contribution in [0.3, 0.4) is 0 Å². The van der Waals surface area contributed by atoms with E-state index in [9.17, 15) is 18.0 Å². The maximum atomic E-state index is 13.2. The number of aryl methyl sites for hydroxylation is 1.